The SMILES string of the molecule is C=CCc1ccc(C=NCC2CCCC(CN=Cc3ccc(CC=C)cc3)C2)cc1. The fraction of sp³-hybridized carbons (Fsp3) is 0.357. The monoisotopic (exact) mass is 398 g/mol. The van der Waals surface area contributed by atoms with Gasteiger partial charge in [-0.2, -0.15) is 0 Å². The Morgan fingerprint density at radius 1 is 0.700 bits per heavy atom. The quantitative estimate of drug-likeness (QED) is 0.323. The molecule has 2 atom stereocenters. The Morgan fingerprint density at radius 2 is 1.13 bits per heavy atom. The van der Waals surface area contributed by atoms with Crippen molar-refractivity contribution in [1.29, 1.82) is 0 Å². The van der Waals surface area contributed by atoms with E-state index in [1.807, 2.05) is 24.6 Å². The highest BCUT2D eigenvalue weighted by atomic mass is 14.7. The van der Waals surface area contributed by atoms with Gasteiger partial charge in [-0.05, 0) is 66.2 Å². The summed E-state index contributed by atoms with van der Waals surface area (Å²) in [4.78, 5) is 9.47. The van der Waals surface area contributed by atoms with Crippen LogP contribution >= 0.6 is 0 Å². The van der Waals surface area contributed by atoms with Crippen molar-refractivity contribution in [2.24, 2.45) is 21.8 Å². The van der Waals surface area contributed by atoms with Gasteiger partial charge >= 0.3 is 0 Å². The molecule has 2 aromatic carbocycles. The fourth-order valence-corrected chi connectivity index (χ4v) is 4.16. The highest BCUT2D eigenvalue weighted by molar-refractivity contribution is 5.80. The van der Waals surface area contributed by atoms with Gasteiger partial charge in [-0.15, -0.1) is 13.2 Å². The molecule has 1 saturated carbocycles. The van der Waals surface area contributed by atoms with E-state index in [0.29, 0.717) is 11.8 Å². The van der Waals surface area contributed by atoms with Crippen LogP contribution in [0.2, 0.25) is 0 Å². The van der Waals surface area contributed by atoms with Crippen LogP contribution in [-0.2, 0) is 12.8 Å². The van der Waals surface area contributed by atoms with E-state index in [2.05, 4.69) is 61.7 Å². The van der Waals surface area contributed by atoms with Gasteiger partial charge in [-0.25, -0.2) is 0 Å². The van der Waals surface area contributed by atoms with Crippen LogP contribution in [0, 0.1) is 11.8 Å². The van der Waals surface area contributed by atoms with Crippen molar-refractivity contribution in [3.05, 3.63) is 96.1 Å². The Bertz CT molecular complexity index is 772. The number of nitrogens with zero attached hydrogens (tertiary/aromatic N) is 2. The van der Waals surface area contributed by atoms with Crippen molar-refractivity contribution in [3.63, 3.8) is 0 Å². The third-order valence-corrected chi connectivity index (χ3v) is 5.82. The first kappa shape index (κ1) is 22.0. The average Bonchev–Trinajstić information content (AvgIpc) is 2.77. The number of hydrogen-bond acceptors (Lipinski definition) is 2. The van der Waals surface area contributed by atoms with Crippen LogP contribution in [0.3, 0.4) is 0 Å². The molecular formula is C28H34N2. The minimum Gasteiger partial charge on any atom is -0.292 e. The number of aliphatic imine (C=N–C) groups is 2. The lowest BCUT2D eigenvalue weighted by Crippen LogP contribution is -2.20. The van der Waals surface area contributed by atoms with Crippen LogP contribution in [0.15, 0.2) is 83.8 Å². The second kappa shape index (κ2) is 12.1. The van der Waals surface area contributed by atoms with E-state index >= 15 is 0 Å². The smallest absolute Gasteiger partial charge is 0.0417 e. The molecule has 156 valence electrons. The summed E-state index contributed by atoms with van der Waals surface area (Å²) < 4.78 is 0. The summed E-state index contributed by atoms with van der Waals surface area (Å²) in [5, 5.41) is 0. The van der Waals surface area contributed by atoms with Gasteiger partial charge in [-0.1, -0.05) is 67.1 Å². The van der Waals surface area contributed by atoms with Crippen LogP contribution in [0.4, 0.5) is 0 Å². The van der Waals surface area contributed by atoms with Crippen LogP contribution in [0.1, 0.15) is 47.9 Å². The Kier molecular flexibility index (Phi) is 8.83. The third-order valence-electron chi connectivity index (χ3n) is 5.82. The van der Waals surface area contributed by atoms with Gasteiger partial charge in [0.25, 0.3) is 0 Å². The van der Waals surface area contributed by atoms with Gasteiger partial charge in [0.2, 0.25) is 0 Å². The van der Waals surface area contributed by atoms with Crippen LogP contribution < -0.4 is 0 Å². The van der Waals surface area contributed by atoms with Gasteiger partial charge in [0.05, 0.1) is 0 Å². The van der Waals surface area contributed by atoms with Crippen LogP contribution in [0.25, 0.3) is 0 Å². The molecule has 0 radical (unpaired) electrons. The first-order valence-corrected chi connectivity index (χ1v) is 11.2. The number of rotatable bonds is 10. The normalized spacial score (nSPS) is 19.3. The largest absolute Gasteiger partial charge is 0.292 e. The first-order valence-electron chi connectivity index (χ1n) is 11.2. The first-order chi connectivity index (χ1) is 14.8. The molecule has 0 N–H and O–H groups in total. The van der Waals surface area contributed by atoms with E-state index in [1.54, 1.807) is 0 Å². The van der Waals surface area contributed by atoms with Gasteiger partial charge in [0, 0.05) is 25.5 Å². The second-order valence-electron chi connectivity index (χ2n) is 8.36. The van der Waals surface area contributed by atoms with Crippen molar-refractivity contribution in [1.82, 2.24) is 0 Å². The number of allylic oxidation sites excluding steroid dienone is 2. The molecule has 2 unspecified atom stereocenters. The highest BCUT2D eigenvalue weighted by Gasteiger charge is 2.21. The zero-order chi connectivity index (χ0) is 21.0. The van der Waals surface area contributed by atoms with Gasteiger partial charge < -0.3 is 0 Å². The zero-order valence-electron chi connectivity index (χ0n) is 18.0. The minimum absolute atomic E-state index is 0.688. The second-order valence-corrected chi connectivity index (χ2v) is 8.36. The van der Waals surface area contributed by atoms with Gasteiger partial charge in [-0.3, -0.25) is 9.98 Å². The molecule has 2 nitrogen and oxygen atoms in total. The summed E-state index contributed by atoms with van der Waals surface area (Å²) in [6.07, 6.45) is 14.9. The third kappa shape index (κ3) is 7.26. The summed E-state index contributed by atoms with van der Waals surface area (Å²) in [5.74, 6) is 1.38. The van der Waals surface area contributed by atoms with E-state index in [-0.39, 0.29) is 0 Å². The molecule has 0 saturated heterocycles. The predicted molar refractivity (Wildman–Crippen MR) is 131 cm³/mol. The maximum atomic E-state index is 4.74. The summed E-state index contributed by atoms with van der Waals surface area (Å²) in [6, 6.07) is 17.2. The molecule has 0 spiro atoms. The molecule has 0 aromatic heterocycles. The molecule has 0 amide bonds. The van der Waals surface area contributed by atoms with E-state index in [9.17, 15) is 0 Å². The molecule has 0 aliphatic heterocycles. The topological polar surface area (TPSA) is 24.7 Å². The molecule has 0 bridgehead atoms. The lowest BCUT2D eigenvalue weighted by atomic mass is 9.81. The molecule has 1 aliphatic carbocycles. The minimum atomic E-state index is 0.688. The summed E-state index contributed by atoms with van der Waals surface area (Å²) in [7, 11) is 0. The average molecular weight is 399 g/mol. The van der Waals surface area contributed by atoms with Crippen molar-refractivity contribution in [2.45, 2.75) is 38.5 Å². The molecule has 30 heavy (non-hydrogen) atoms. The number of hydrogen-bond donors (Lipinski definition) is 0. The van der Waals surface area contributed by atoms with E-state index in [1.165, 1.54) is 47.9 Å². The molecule has 1 aliphatic rings. The molecule has 1 fully saturated rings. The maximum absolute atomic E-state index is 4.74. The molecular weight excluding hydrogens is 364 g/mol. The summed E-state index contributed by atoms with van der Waals surface area (Å²) >= 11 is 0. The van der Waals surface area contributed by atoms with Crippen LogP contribution in [-0.4, -0.2) is 25.5 Å². The molecule has 3 rings (SSSR count). The lowest BCUT2D eigenvalue weighted by Gasteiger charge is -2.27. The Labute approximate surface area is 182 Å². The van der Waals surface area contributed by atoms with Crippen LogP contribution in [0.5, 0.6) is 0 Å². The number of benzene rings is 2. The van der Waals surface area contributed by atoms with Crippen molar-refractivity contribution in [2.75, 3.05) is 13.1 Å². The molecule has 2 heteroatoms. The van der Waals surface area contributed by atoms with E-state index in [4.69, 9.17) is 9.98 Å². The van der Waals surface area contributed by atoms with E-state index in [0.717, 1.165) is 25.9 Å². The Balaban J connectivity index is 1.43. The Morgan fingerprint density at radius 3 is 1.53 bits per heavy atom. The highest BCUT2D eigenvalue weighted by Crippen LogP contribution is 2.29. The van der Waals surface area contributed by atoms with Crippen molar-refractivity contribution < 1.29 is 0 Å². The van der Waals surface area contributed by atoms with Crippen molar-refractivity contribution >= 4 is 12.4 Å². The summed E-state index contributed by atoms with van der Waals surface area (Å²) in [6.45, 7) is 9.44. The fourth-order valence-electron chi connectivity index (χ4n) is 4.16. The maximum Gasteiger partial charge on any atom is 0.0417 e. The standard InChI is InChI=1S/C28H34N2/c1-3-6-23-10-14-25(15-11-23)19-29-21-27-8-5-9-28(18-27)22-30-20-26-16-12-24(7-4-2)13-17-26/h3-4,10-17,19-20,27-28H,1-2,5-9,18,21-22H2. The summed E-state index contributed by atoms with van der Waals surface area (Å²) in [5.41, 5.74) is 4.95. The Hall–Kier alpha value is -2.74. The zero-order valence-corrected chi connectivity index (χ0v) is 18.0. The van der Waals surface area contributed by atoms with Gasteiger partial charge in [0.1, 0.15) is 0 Å². The lowest BCUT2D eigenvalue weighted by molar-refractivity contribution is 0.278. The predicted octanol–water partition coefficient (Wildman–Crippen LogP) is 6.49. The molecule has 0 heterocycles. The van der Waals surface area contributed by atoms with Crippen molar-refractivity contribution in [3.8, 4) is 0 Å². The van der Waals surface area contributed by atoms with E-state index < -0.39 is 0 Å². The van der Waals surface area contributed by atoms with Gasteiger partial charge in [0.15, 0.2) is 0 Å². The molecule has 2 aromatic rings.